The number of amides is 1. The maximum absolute atomic E-state index is 13.1. The van der Waals surface area contributed by atoms with Gasteiger partial charge in [-0.2, -0.15) is 13.2 Å². The summed E-state index contributed by atoms with van der Waals surface area (Å²) < 4.78 is 44.6. The second-order valence-electron chi connectivity index (χ2n) is 8.76. The van der Waals surface area contributed by atoms with Crippen molar-refractivity contribution < 1.29 is 22.7 Å². The van der Waals surface area contributed by atoms with Gasteiger partial charge in [0.15, 0.2) is 5.82 Å². The highest BCUT2D eigenvalue weighted by Gasteiger charge is 2.33. The third kappa shape index (κ3) is 5.07. The third-order valence-corrected chi connectivity index (χ3v) is 5.12. The lowest BCUT2D eigenvalue weighted by atomic mass is 9.92. The van der Waals surface area contributed by atoms with Crippen LogP contribution in [-0.4, -0.2) is 44.9 Å². The van der Waals surface area contributed by atoms with Crippen molar-refractivity contribution >= 4 is 17.5 Å². The van der Waals surface area contributed by atoms with Crippen LogP contribution in [0.2, 0.25) is 0 Å². The Morgan fingerprint density at radius 1 is 1.15 bits per heavy atom. The third-order valence-electron chi connectivity index (χ3n) is 5.12. The second kappa shape index (κ2) is 8.38. The highest BCUT2D eigenvalue weighted by atomic mass is 19.4. The lowest BCUT2D eigenvalue weighted by Crippen LogP contribution is -2.48. The minimum absolute atomic E-state index is 0.343. The number of hydrogen-bond acceptors (Lipinski definition) is 6. The summed E-state index contributed by atoms with van der Waals surface area (Å²) in [5, 5.41) is 16.9. The largest absolute Gasteiger partial charge is 0.444 e. The van der Waals surface area contributed by atoms with Crippen LogP contribution in [0, 0.1) is 0 Å². The highest BCUT2D eigenvalue weighted by Crippen LogP contribution is 2.39. The van der Waals surface area contributed by atoms with Crippen LogP contribution in [0.4, 0.5) is 29.3 Å². The molecule has 0 saturated heterocycles. The number of nitrogens with zero attached hydrogens (tertiary/aromatic N) is 4. The first-order chi connectivity index (χ1) is 15.5. The number of anilines is 2. The van der Waals surface area contributed by atoms with Gasteiger partial charge in [0.25, 0.3) is 0 Å². The molecule has 1 atom stereocenters. The Morgan fingerprint density at radius 2 is 1.88 bits per heavy atom. The first-order valence-corrected chi connectivity index (χ1v) is 10.3. The first kappa shape index (κ1) is 22.6. The summed E-state index contributed by atoms with van der Waals surface area (Å²) in [5.41, 5.74) is 1.56. The number of carbonyl (C=O) groups is 1. The van der Waals surface area contributed by atoms with Crippen molar-refractivity contribution in [2.75, 3.05) is 11.4 Å². The fourth-order valence-electron chi connectivity index (χ4n) is 3.81. The zero-order valence-electron chi connectivity index (χ0n) is 18.3. The van der Waals surface area contributed by atoms with Crippen LogP contribution in [0.25, 0.3) is 11.4 Å². The second-order valence-corrected chi connectivity index (χ2v) is 8.76. The van der Waals surface area contributed by atoms with E-state index in [9.17, 15) is 18.0 Å². The number of benzene rings is 2. The summed E-state index contributed by atoms with van der Waals surface area (Å²) in [7, 11) is 0. The fourth-order valence-corrected chi connectivity index (χ4v) is 3.81. The van der Waals surface area contributed by atoms with Crippen LogP contribution in [0.5, 0.6) is 0 Å². The number of halogens is 3. The number of ether oxygens (including phenoxy) is 1. The highest BCUT2D eigenvalue weighted by molar-refractivity contribution is 5.77. The summed E-state index contributed by atoms with van der Waals surface area (Å²) in [5.74, 6) is 0.456. The number of alkyl carbamates (subject to hydrolysis) is 1. The van der Waals surface area contributed by atoms with Crippen LogP contribution < -0.4 is 10.2 Å². The lowest BCUT2D eigenvalue weighted by Gasteiger charge is -2.37. The average molecular weight is 460 g/mol. The van der Waals surface area contributed by atoms with Gasteiger partial charge in [0.1, 0.15) is 5.60 Å². The first-order valence-electron chi connectivity index (χ1n) is 10.3. The van der Waals surface area contributed by atoms with Gasteiger partial charge in [-0.15, -0.1) is 5.10 Å². The van der Waals surface area contributed by atoms with E-state index in [2.05, 4.69) is 25.9 Å². The Bertz CT molecular complexity index is 1120. The van der Waals surface area contributed by atoms with E-state index in [0.29, 0.717) is 24.5 Å². The molecule has 0 bridgehead atoms. The van der Waals surface area contributed by atoms with Crippen molar-refractivity contribution in [3.63, 3.8) is 0 Å². The van der Waals surface area contributed by atoms with E-state index in [1.54, 1.807) is 20.8 Å². The van der Waals surface area contributed by atoms with Gasteiger partial charge in [0, 0.05) is 23.5 Å². The number of hydrogen-bond donors (Lipinski definition) is 2. The molecule has 1 unspecified atom stereocenters. The fraction of sp³-hybridized carbons (Fsp3) is 0.364. The topological polar surface area (TPSA) is 96.0 Å². The molecule has 11 heteroatoms. The average Bonchev–Trinajstić information content (AvgIpc) is 3.25. The molecule has 0 aliphatic carbocycles. The number of H-pyrrole nitrogens is 1. The Hall–Kier alpha value is -3.63. The van der Waals surface area contributed by atoms with Crippen molar-refractivity contribution in [1.82, 2.24) is 25.9 Å². The van der Waals surface area contributed by atoms with Crippen LogP contribution in [0.1, 0.15) is 31.9 Å². The number of nitrogens with one attached hydrogen (secondary N) is 2. The Labute approximate surface area is 188 Å². The molecule has 2 aromatic carbocycles. The molecule has 1 aliphatic heterocycles. The quantitative estimate of drug-likeness (QED) is 0.599. The van der Waals surface area contributed by atoms with Gasteiger partial charge >= 0.3 is 12.3 Å². The predicted molar refractivity (Wildman–Crippen MR) is 115 cm³/mol. The molecule has 0 fully saturated rings. The molecule has 3 aromatic rings. The molecule has 1 aromatic heterocycles. The molecule has 2 N–H and O–H groups in total. The summed E-state index contributed by atoms with van der Waals surface area (Å²) in [6, 6.07) is 10.1. The number of alkyl halides is 3. The van der Waals surface area contributed by atoms with Gasteiger partial charge in [-0.05, 0) is 73.5 Å². The van der Waals surface area contributed by atoms with E-state index in [1.807, 2.05) is 23.1 Å². The maximum atomic E-state index is 13.1. The van der Waals surface area contributed by atoms with E-state index in [1.165, 1.54) is 12.1 Å². The van der Waals surface area contributed by atoms with Crippen LogP contribution >= 0.6 is 0 Å². The van der Waals surface area contributed by atoms with Crippen LogP contribution in [0.3, 0.4) is 0 Å². The monoisotopic (exact) mass is 460 g/mol. The molecule has 174 valence electrons. The minimum Gasteiger partial charge on any atom is -0.444 e. The molecule has 0 saturated carbocycles. The molecular weight excluding hydrogens is 437 g/mol. The number of aromatic amines is 1. The molecule has 0 spiro atoms. The van der Waals surface area contributed by atoms with Gasteiger partial charge in [-0.1, -0.05) is 12.1 Å². The number of rotatable bonds is 3. The molecule has 4 rings (SSSR count). The zero-order valence-corrected chi connectivity index (χ0v) is 18.3. The Kier molecular flexibility index (Phi) is 5.73. The molecule has 2 heterocycles. The van der Waals surface area contributed by atoms with Crippen molar-refractivity contribution in [2.24, 2.45) is 0 Å². The molecule has 8 nitrogen and oxygen atoms in total. The molecule has 0 radical (unpaired) electrons. The number of fused-ring (bicyclic) bond motifs is 1. The molecular formula is C22H23F3N6O2. The van der Waals surface area contributed by atoms with Gasteiger partial charge in [-0.25, -0.2) is 9.89 Å². The minimum atomic E-state index is -4.43. The van der Waals surface area contributed by atoms with Gasteiger partial charge in [-0.3, -0.25) is 0 Å². The zero-order chi connectivity index (χ0) is 23.8. The van der Waals surface area contributed by atoms with Crippen LogP contribution in [-0.2, 0) is 17.3 Å². The molecule has 1 amide bonds. The number of aromatic nitrogens is 4. The van der Waals surface area contributed by atoms with E-state index in [0.717, 1.165) is 28.9 Å². The summed E-state index contributed by atoms with van der Waals surface area (Å²) in [6.45, 7) is 5.65. The van der Waals surface area contributed by atoms with Gasteiger partial charge < -0.3 is 15.0 Å². The van der Waals surface area contributed by atoms with E-state index in [4.69, 9.17) is 4.74 Å². The maximum Gasteiger partial charge on any atom is 0.416 e. The smallest absolute Gasteiger partial charge is 0.416 e. The van der Waals surface area contributed by atoms with Crippen molar-refractivity contribution in [3.8, 4) is 11.4 Å². The van der Waals surface area contributed by atoms with Crippen LogP contribution in [0.15, 0.2) is 42.5 Å². The standard InChI is InChI=1S/C22H23F3N6O2/c1-21(2,3)33-20(32)26-14-11-17-16(19-27-29-30-28-19)5-4-6-18(17)31(12-14)15-9-7-13(8-10-15)22(23,24)25/h4-10,14H,11-12H2,1-3H3,(H,26,32)(H,27,28,29,30). The van der Waals surface area contributed by atoms with Gasteiger partial charge in [0.05, 0.1) is 11.6 Å². The lowest BCUT2D eigenvalue weighted by molar-refractivity contribution is -0.137. The normalized spacial score (nSPS) is 16.3. The number of tetrazole rings is 1. The van der Waals surface area contributed by atoms with Gasteiger partial charge in [0.2, 0.25) is 0 Å². The van der Waals surface area contributed by atoms with Crippen molar-refractivity contribution in [1.29, 1.82) is 0 Å². The predicted octanol–water partition coefficient (Wildman–Crippen LogP) is 4.47. The van der Waals surface area contributed by atoms with E-state index >= 15 is 0 Å². The molecule has 1 aliphatic rings. The SMILES string of the molecule is CC(C)(C)OC(=O)NC1Cc2c(-c3nnn[nH]3)cccc2N(c2ccc(C(F)(F)F)cc2)C1. The summed E-state index contributed by atoms with van der Waals surface area (Å²) in [4.78, 5) is 14.3. The Morgan fingerprint density at radius 3 is 2.48 bits per heavy atom. The van der Waals surface area contributed by atoms with Crippen molar-refractivity contribution in [3.05, 3.63) is 53.6 Å². The van der Waals surface area contributed by atoms with E-state index in [-0.39, 0.29) is 6.04 Å². The van der Waals surface area contributed by atoms with E-state index < -0.39 is 23.4 Å². The Balaban J connectivity index is 1.72. The summed E-state index contributed by atoms with van der Waals surface area (Å²) in [6.07, 6.45) is -4.53. The summed E-state index contributed by atoms with van der Waals surface area (Å²) >= 11 is 0. The van der Waals surface area contributed by atoms with Crippen molar-refractivity contribution in [2.45, 2.75) is 45.0 Å². The molecule has 33 heavy (non-hydrogen) atoms. The number of carbonyl (C=O) groups excluding carboxylic acids is 1.